The van der Waals surface area contributed by atoms with E-state index < -0.39 is 0 Å². The van der Waals surface area contributed by atoms with Gasteiger partial charge in [0.15, 0.2) is 0 Å². The van der Waals surface area contributed by atoms with E-state index in [1.54, 1.807) is 7.11 Å². The summed E-state index contributed by atoms with van der Waals surface area (Å²) in [4.78, 5) is 4.53. The van der Waals surface area contributed by atoms with E-state index in [1.807, 2.05) is 24.4 Å². The minimum atomic E-state index is 0.109. The van der Waals surface area contributed by atoms with Crippen LogP contribution in [0.2, 0.25) is 0 Å². The van der Waals surface area contributed by atoms with E-state index in [0.717, 1.165) is 25.0 Å². The highest BCUT2D eigenvalue weighted by molar-refractivity contribution is 5.32. The molecule has 1 aromatic heterocycles. The third-order valence-electron chi connectivity index (χ3n) is 4.12. The lowest BCUT2D eigenvalue weighted by atomic mass is 9.92. The third-order valence-corrected chi connectivity index (χ3v) is 4.12. The van der Waals surface area contributed by atoms with E-state index >= 15 is 0 Å². The van der Waals surface area contributed by atoms with Gasteiger partial charge in [0.2, 0.25) is 0 Å². The van der Waals surface area contributed by atoms with Crippen molar-refractivity contribution in [3.63, 3.8) is 0 Å². The fraction of sp³-hybridized carbons (Fsp3) is 0.353. The molecular weight excluding hydrogens is 248 g/mol. The Balaban J connectivity index is 1.75. The average Bonchev–Trinajstić information content (AvgIpc) is 2.91. The normalized spacial score (nSPS) is 18.6. The number of fused-ring (bicyclic) bond motifs is 1. The molecule has 3 heteroatoms. The van der Waals surface area contributed by atoms with Crippen molar-refractivity contribution in [2.24, 2.45) is 5.73 Å². The summed E-state index contributed by atoms with van der Waals surface area (Å²) in [5.74, 6) is 1.26. The van der Waals surface area contributed by atoms with Crippen LogP contribution in [0, 0.1) is 0 Å². The lowest BCUT2D eigenvalue weighted by molar-refractivity contribution is 0.413. The Morgan fingerprint density at radius 1 is 1.35 bits per heavy atom. The van der Waals surface area contributed by atoms with Crippen LogP contribution < -0.4 is 10.5 Å². The smallest absolute Gasteiger partial charge is 0.119 e. The number of methoxy groups -OCH3 is 1. The Morgan fingerprint density at radius 3 is 3.10 bits per heavy atom. The number of aromatic nitrogens is 1. The molecule has 2 unspecified atom stereocenters. The van der Waals surface area contributed by atoms with Crippen molar-refractivity contribution in [3.05, 3.63) is 59.4 Å². The van der Waals surface area contributed by atoms with E-state index in [4.69, 9.17) is 10.5 Å². The van der Waals surface area contributed by atoms with E-state index in [9.17, 15) is 0 Å². The van der Waals surface area contributed by atoms with Crippen molar-refractivity contribution in [2.45, 2.75) is 31.2 Å². The Kier molecular flexibility index (Phi) is 3.70. The molecule has 0 spiro atoms. The van der Waals surface area contributed by atoms with Crippen LogP contribution in [0.15, 0.2) is 42.6 Å². The molecule has 20 heavy (non-hydrogen) atoms. The van der Waals surface area contributed by atoms with Crippen LogP contribution in [0.25, 0.3) is 0 Å². The first kappa shape index (κ1) is 13.1. The molecule has 2 N–H and O–H groups in total. The van der Waals surface area contributed by atoms with Gasteiger partial charge in [0.05, 0.1) is 7.11 Å². The van der Waals surface area contributed by atoms with Crippen LogP contribution in [0.3, 0.4) is 0 Å². The quantitative estimate of drug-likeness (QED) is 0.927. The molecule has 0 amide bonds. The van der Waals surface area contributed by atoms with Gasteiger partial charge in [-0.2, -0.15) is 0 Å². The molecule has 0 radical (unpaired) electrons. The Bertz CT molecular complexity index is 597. The molecule has 0 saturated carbocycles. The number of aryl methyl sites for hydroxylation is 1. The van der Waals surface area contributed by atoms with Gasteiger partial charge in [0, 0.05) is 23.9 Å². The number of hydrogen-bond acceptors (Lipinski definition) is 3. The molecule has 0 saturated heterocycles. The van der Waals surface area contributed by atoms with Crippen molar-refractivity contribution in [3.8, 4) is 5.75 Å². The highest BCUT2D eigenvalue weighted by atomic mass is 16.5. The molecule has 0 bridgehead atoms. The maximum atomic E-state index is 6.44. The van der Waals surface area contributed by atoms with Gasteiger partial charge in [-0.3, -0.25) is 4.98 Å². The Morgan fingerprint density at radius 2 is 2.25 bits per heavy atom. The van der Waals surface area contributed by atoms with E-state index in [-0.39, 0.29) is 6.04 Å². The highest BCUT2D eigenvalue weighted by Crippen LogP contribution is 2.34. The first-order valence-corrected chi connectivity index (χ1v) is 7.10. The predicted molar refractivity (Wildman–Crippen MR) is 80.0 cm³/mol. The van der Waals surface area contributed by atoms with Crippen LogP contribution in [-0.2, 0) is 12.8 Å². The molecule has 0 fully saturated rings. The summed E-state index contributed by atoms with van der Waals surface area (Å²) in [6.45, 7) is 0. The molecule has 3 nitrogen and oxygen atoms in total. The molecule has 104 valence electrons. The highest BCUT2D eigenvalue weighted by Gasteiger charge is 2.28. The molecule has 0 aliphatic heterocycles. The molecule has 2 aromatic rings. The fourth-order valence-electron chi connectivity index (χ4n) is 3.07. The second-order valence-electron chi connectivity index (χ2n) is 5.41. The first-order chi connectivity index (χ1) is 9.78. The SMILES string of the molecule is COc1cccc(CC(N)C2CCc3cccnc32)c1. The van der Waals surface area contributed by atoms with Crippen molar-refractivity contribution in [1.82, 2.24) is 4.98 Å². The topological polar surface area (TPSA) is 48.1 Å². The summed E-state index contributed by atoms with van der Waals surface area (Å²) in [7, 11) is 1.69. The van der Waals surface area contributed by atoms with Gasteiger partial charge in [0.1, 0.15) is 5.75 Å². The molecule has 1 aromatic carbocycles. The van der Waals surface area contributed by atoms with Crippen molar-refractivity contribution >= 4 is 0 Å². The number of nitrogens with zero attached hydrogens (tertiary/aromatic N) is 1. The van der Waals surface area contributed by atoms with Crippen LogP contribution in [0.1, 0.15) is 29.2 Å². The van der Waals surface area contributed by atoms with Crippen LogP contribution in [-0.4, -0.2) is 18.1 Å². The maximum absolute atomic E-state index is 6.44. The summed E-state index contributed by atoms with van der Waals surface area (Å²) in [6, 6.07) is 12.4. The second kappa shape index (κ2) is 5.63. The van der Waals surface area contributed by atoms with Gasteiger partial charge < -0.3 is 10.5 Å². The molecular formula is C17H20N2O. The zero-order valence-electron chi connectivity index (χ0n) is 11.8. The minimum absolute atomic E-state index is 0.109. The van der Waals surface area contributed by atoms with Crippen molar-refractivity contribution < 1.29 is 4.74 Å². The second-order valence-corrected chi connectivity index (χ2v) is 5.41. The van der Waals surface area contributed by atoms with Gasteiger partial charge in [-0.05, 0) is 48.6 Å². The molecule has 3 rings (SSSR count). The number of hydrogen-bond donors (Lipinski definition) is 1. The monoisotopic (exact) mass is 268 g/mol. The van der Waals surface area contributed by atoms with Crippen molar-refractivity contribution in [1.29, 1.82) is 0 Å². The molecule has 1 aliphatic rings. The number of pyridine rings is 1. The van der Waals surface area contributed by atoms with Crippen LogP contribution in [0.5, 0.6) is 5.75 Å². The molecule has 1 heterocycles. The third kappa shape index (κ3) is 2.54. The summed E-state index contributed by atoms with van der Waals surface area (Å²) < 4.78 is 5.26. The number of ether oxygens (including phenoxy) is 1. The average molecular weight is 268 g/mol. The summed E-state index contributed by atoms with van der Waals surface area (Å²) in [5, 5.41) is 0. The first-order valence-electron chi connectivity index (χ1n) is 7.10. The Hall–Kier alpha value is -1.87. The number of rotatable bonds is 4. The van der Waals surface area contributed by atoms with Gasteiger partial charge in [-0.25, -0.2) is 0 Å². The lowest BCUT2D eigenvalue weighted by Crippen LogP contribution is -2.30. The van der Waals surface area contributed by atoms with E-state index in [2.05, 4.69) is 23.2 Å². The summed E-state index contributed by atoms with van der Waals surface area (Å²) in [6.07, 6.45) is 4.93. The van der Waals surface area contributed by atoms with Crippen molar-refractivity contribution in [2.75, 3.05) is 7.11 Å². The maximum Gasteiger partial charge on any atom is 0.119 e. The van der Waals surface area contributed by atoms with E-state index in [1.165, 1.54) is 16.8 Å². The largest absolute Gasteiger partial charge is 0.497 e. The summed E-state index contributed by atoms with van der Waals surface area (Å²) >= 11 is 0. The van der Waals surface area contributed by atoms with Gasteiger partial charge >= 0.3 is 0 Å². The fourth-order valence-corrected chi connectivity index (χ4v) is 3.07. The van der Waals surface area contributed by atoms with Gasteiger partial charge in [-0.1, -0.05) is 18.2 Å². The number of benzene rings is 1. The van der Waals surface area contributed by atoms with Crippen LogP contribution >= 0.6 is 0 Å². The zero-order chi connectivity index (χ0) is 13.9. The zero-order valence-corrected chi connectivity index (χ0v) is 11.8. The molecule has 2 atom stereocenters. The predicted octanol–water partition coefficient (Wildman–Crippen LogP) is 2.69. The van der Waals surface area contributed by atoms with Gasteiger partial charge in [0.25, 0.3) is 0 Å². The standard InChI is InChI=1S/C17H20N2O/c1-20-14-6-2-4-12(10-14)11-16(18)15-8-7-13-5-3-9-19-17(13)15/h2-6,9-10,15-16H,7-8,11,18H2,1H3. The van der Waals surface area contributed by atoms with Gasteiger partial charge in [-0.15, -0.1) is 0 Å². The van der Waals surface area contributed by atoms with E-state index in [0.29, 0.717) is 5.92 Å². The Labute approximate surface area is 119 Å². The summed E-state index contributed by atoms with van der Waals surface area (Å²) in [5.41, 5.74) is 10.2. The lowest BCUT2D eigenvalue weighted by Gasteiger charge is -2.19. The van der Waals surface area contributed by atoms with Crippen LogP contribution in [0.4, 0.5) is 0 Å². The number of nitrogens with two attached hydrogens (primary N) is 1. The molecule has 1 aliphatic carbocycles. The minimum Gasteiger partial charge on any atom is -0.497 e.